The van der Waals surface area contributed by atoms with Gasteiger partial charge in [0.1, 0.15) is 11.5 Å². The normalized spacial score (nSPS) is 13.6. The van der Waals surface area contributed by atoms with Crippen LogP contribution >= 0.6 is 0 Å². The second kappa shape index (κ2) is 11.5. The number of aliphatic hydroxyl groups is 1. The first-order chi connectivity index (χ1) is 17.4. The number of nitrogens with one attached hydrogen (secondary N) is 1. The third-order valence-corrected chi connectivity index (χ3v) is 6.11. The lowest BCUT2D eigenvalue weighted by Crippen LogP contribution is -2.46. The van der Waals surface area contributed by atoms with Crippen molar-refractivity contribution in [2.75, 3.05) is 0 Å². The summed E-state index contributed by atoms with van der Waals surface area (Å²) in [5.74, 6) is -2.42. The van der Waals surface area contributed by atoms with E-state index in [4.69, 9.17) is 5.73 Å². The molecule has 3 aromatic carbocycles. The van der Waals surface area contributed by atoms with Crippen LogP contribution in [0.1, 0.15) is 28.0 Å². The van der Waals surface area contributed by atoms with Crippen LogP contribution < -0.4 is 11.1 Å². The Bertz CT molecular complexity index is 1350. The Labute approximate surface area is 208 Å². The highest BCUT2D eigenvalue weighted by Crippen LogP contribution is 2.20. The molecule has 8 heteroatoms. The van der Waals surface area contributed by atoms with Crippen molar-refractivity contribution in [2.45, 2.75) is 31.4 Å². The number of primary amides is 1. The molecule has 4 rings (SSSR count). The summed E-state index contributed by atoms with van der Waals surface area (Å²) in [6.45, 7) is 0. The van der Waals surface area contributed by atoms with Crippen molar-refractivity contribution in [3.8, 4) is 0 Å². The molecule has 0 saturated carbocycles. The summed E-state index contributed by atoms with van der Waals surface area (Å²) in [6.07, 6.45) is 0.548. The summed E-state index contributed by atoms with van der Waals surface area (Å²) in [4.78, 5) is 33.9. The SMILES string of the molecule is NC(=O)[C@H](Cc1ccccc1F)C[C@H](O)[C@H](Cc1ccccc1)NC(=O)c1cnc2ccccc2n1. The number of para-hydroxylation sites is 2. The summed E-state index contributed by atoms with van der Waals surface area (Å²) < 4.78 is 14.2. The van der Waals surface area contributed by atoms with Crippen LogP contribution in [0.3, 0.4) is 0 Å². The molecule has 0 fully saturated rings. The van der Waals surface area contributed by atoms with Gasteiger partial charge < -0.3 is 16.2 Å². The number of halogens is 1. The van der Waals surface area contributed by atoms with Gasteiger partial charge in [-0.15, -0.1) is 0 Å². The Morgan fingerprint density at radius 1 is 0.917 bits per heavy atom. The van der Waals surface area contributed by atoms with E-state index in [1.54, 1.807) is 36.4 Å². The van der Waals surface area contributed by atoms with Crippen LogP contribution in [0.2, 0.25) is 0 Å². The van der Waals surface area contributed by atoms with Gasteiger partial charge >= 0.3 is 0 Å². The summed E-state index contributed by atoms with van der Waals surface area (Å²) in [5.41, 5.74) is 8.17. The molecule has 0 saturated heterocycles. The van der Waals surface area contributed by atoms with Gasteiger partial charge in [0.25, 0.3) is 5.91 Å². The Morgan fingerprint density at radius 2 is 1.58 bits per heavy atom. The van der Waals surface area contributed by atoms with Crippen molar-refractivity contribution in [2.24, 2.45) is 11.7 Å². The fraction of sp³-hybridized carbons (Fsp3) is 0.214. The minimum Gasteiger partial charge on any atom is -0.391 e. The maximum absolute atomic E-state index is 14.2. The molecule has 7 nitrogen and oxygen atoms in total. The van der Waals surface area contributed by atoms with Crippen molar-refractivity contribution >= 4 is 22.8 Å². The molecule has 4 N–H and O–H groups in total. The zero-order chi connectivity index (χ0) is 25.5. The van der Waals surface area contributed by atoms with E-state index in [9.17, 15) is 19.1 Å². The summed E-state index contributed by atoms with van der Waals surface area (Å²) in [6, 6.07) is 21.9. The van der Waals surface area contributed by atoms with Crippen LogP contribution in [0, 0.1) is 11.7 Å². The smallest absolute Gasteiger partial charge is 0.271 e. The standard InChI is InChI=1S/C28H27FN4O3/c29-21-11-5-4-10-19(21)15-20(27(30)35)16-26(34)24(14-18-8-2-1-3-9-18)33-28(36)25-17-31-22-12-6-7-13-23(22)32-25/h1-13,17,20,24,26,34H,14-16H2,(H2,30,35)(H,33,36)/t20-,24+,26+/m1/s1. The van der Waals surface area contributed by atoms with Gasteiger partial charge in [-0.1, -0.05) is 60.7 Å². The largest absolute Gasteiger partial charge is 0.391 e. The van der Waals surface area contributed by atoms with Gasteiger partial charge in [0.05, 0.1) is 29.4 Å². The highest BCUT2D eigenvalue weighted by atomic mass is 19.1. The van der Waals surface area contributed by atoms with Crippen molar-refractivity contribution in [1.29, 1.82) is 0 Å². The molecule has 2 amide bonds. The second-order valence-electron chi connectivity index (χ2n) is 8.71. The number of nitrogens with zero attached hydrogens (tertiary/aromatic N) is 2. The third-order valence-electron chi connectivity index (χ3n) is 6.11. The molecular weight excluding hydrogens is 459 g/mol. The maximum atomic E-state index is 14.2. The highest BCUT2D eigenvalue weighted by molar-refractivity contribution is 5.94. The summed E-state index contributed by atoms with van der Waals surface area (Å²) in [7, 11) is 0. The number of hydrogen-bond acceptors (Lipinski definition) is 5. The Kier molecular flexibility index (Phi) is 7.97. The number of amides is 2. The molecule has 0 aliphatic rings. The molecule has 4 aromatic rings. The third kappa shape index (κ3) is 6.28. The van der Waals surface area contributed by atoms with E-state index < -0.39 is 35.7 Å². The number of benzene rings is 3. The van der Waals surface area contributed by atoms with E-state index in [2.05, 4.69) is 15.3 Å². The average molecular weight is 487 g/mol. The molecule has 36 heavy (non-hydrogen) atoms. The lowest BCUT2D eigenvalue weighted by molar-refractivity contribution is -0.122. The number of rotatable bonds is 10. The minimum absolute atomic E-state index is 0.0429. The van der Waals surface area contributed by atoms with Crippen LogP contribution in [0.25, 0.3) is 11.0 Å². The van der Waals surface area contributed by atoms with Crippen molar-refractivity contribution in [1.82, 2.24) is 15.3 Å². The molecule has 0 spiro atoms. The van der Waals surface area contributed by atoms with Crippen LogP contribution in [0.15, 0.2) is 85.1 Å². The minimum atomic E-state index is -1.13. The summed E-state index contributed by atoms with van der Waals surface area (Å²) in [5, 5.41) is 14.0. The van der Waals surface area contributed by atoms with Crippen LogP contribution in [-0.4, -0.2) is 39.0 Å². The van der Waals surface area contributed by atoms with Crippen molar-refractivity contribution in [3.63, 3.8) is 0 Å². The fourth-order valence-corrected chi connectivity index (χ4v) is 4.15. The first-order valence-corrected chi connectivity index (χ1v) is 11.7. The number of aliphatic hydroxyl groups excluding tert-OH is 1. The summed E-state index contributed by atoms with van der Waals surface area (Å²) >= 11 is 0. The van der Waals surface area contributed by atoms with E-state index in [-0.39, 0.29) is 18.5 Å². The fourth-order valence-electron chi connectivity index (χ4n) is 4.15. The van der Waals surface area contributed by atoms with Gasteiger partial charge in [-0.05, 0) is 48.6 Å². The van der Waals surface area contributed by atoms with E-state index in [1.165, 1.54) is 12.3 Å². The van der Waals surface area contributed by atoms with Crippen molar-refractivity contribution in [3.05, 3.63) is 108 Å². The van der Waals surface area contributed by atoms with Crippen LogP contribution in [0.4, 0.5) is 4.39 Å². The number of carbonyl (C=O) groups excluding carboxylic acids is 2. The van der Waals surface area contributed by atoms with E-state index in [0.717, 1.165) is 5.56 Å². The molecule has 3 atom stereocenters. The van der Waals surface area contributed by atoms with Crippen LogP contribution in [-0.2, 0) is 17.6 Å². The topological polar surface area (TPSA) is 118 Å². The van der Waals surface area contributed by atoms with Gasteiger partial charge in [-0.25, -0.2) is 9.37 Å². The molecule has 0 bridgehead atoms. The van der Waals surface area contributed by atoms with Gasteiger partial charge in [0.15, 0.2) is 0 Å². The lowest BCUT2D eigenvalue weighted by atomic mass is 9.88. The van der Waals surface area contributed by atoms with Crippen LogP contribution in [0.5, 0.6) is 0 Å². The van der Waals surface area contributed by atoms with Gasteiger partial charge in [-0.3, -0.25) is 14.6 Å². The first-order valence-electron chi connectivity index (χ1n) is 11.7. The maximum Gasteiger partial charge on any atom is 0.271 e. The molecule has 0 aliphatic carbocycles. The first kappa shape index (κ1) is 24.9. The molecule has 184 valence electrons. The van der Waals surface area contributed by atoms with Gasteiger partial charge in [0, 0.05) is 5.92 Å². The molecule has 1 aromatic heterocycles. The van der Waals surface area contributed by atoms with E-state index >= 15 is 0 Å². The van der Waals surface area contributed by atoms with Gasteiger partial charge in [-0.2, -0.15) is 0 Å². The monoisotopic (exact) mass is 486 g/mol. The molecule has 0 unspecified atom stereocenters. The van der Waals surface area contributed by atoms with E-state index in [0.29, 0.717) is 23.0 Å². The number of hydrogen-bond donors (Lipinski definition) is 3. The van der Waals surface area contributed by atoms with Crippen molar-refractivity contribution < 1.29 is 19.1 Å². The second-order valence-corrected chi connectivity index (χ2v) is 8.71. The van der Waals surface area contributed by atoms with Gasteiger partial charge in [0.2, 0.25) is 5.91 Å². The molecule has 0 radical (unpaired) electrons. The van der Waals surface area contributed by atoms with E-state index in [1.807, 2.05) is 36.4 Å². The Hall–Kier alpha value is -4.17. The molecule has 1 heterocycles. The number of carbonyl (C=O) groups is 2. The Balaban J connectivity index is 1.54. The number of nitrogens with two attached hydrogens (primary N) is 1. The number of aromatic nitrogens is 2. The lowest BCUT2D eigenvalue weighted by Gasteiger charge is -2.27. The predicted octanol–water partition coefficient (Wildman–Crippen LogP) is 3.21. The zero-order valence-electron chi connectivity index (χ0n) is 19.5. The predicted molar refractivity (Wildman–Crippen MR) is 134 cm³/mol. The molecule has 0 aliphatic heterocycles. The number of fused-ring (bicyclic) bond motifs is 1. The highest BCUT2D eigenvalue weighted by Gasteiger charge is 2.29. The zero-order valence-corrected chi connectivity index (χ0v) is 19.5. The quantitative estimate of drug-likeness (QED) is 0.318. The average Bonchev–Trinajstić information content (AvgIpc) is 2.89. The Morgan fingerprint density at radius 3 is 2.31 bits per heavy atom. The molecular formula is C28H27FN4O3.